The monoisotopic (exact) mass is 315 g/mol. The largest absolute Gasteiger partial charge is 0.468 e. The smallest absolute Gasteiger partial charge is 0.250 e. The molecule has 2 heterocycles. The SMILES string of the molecule is CN(C)CCn1c2c(ccc1=O)C[C@H](NCc1ccco1)CC2. The minimum Gasteiger partial charge on any atom is -0.468 e. The minimum atomic E-state index is 0.118. The van der Waals surface area contributed by atoms with Crippen LogP contribution in [0.25, 0.3) is 0 Å². The van der Waals surface area contributed by atoms with Gasteiger partial charge in [-0.2, -0.15) is 0 Å². The van der Waals surface area contributed by atoms with Gasteiger partial charge in [0.05, 0.1) is 12.8 Å². The molecular weight excluding hydrogens is 290 g/mol. The van der Waals surface area contributed by atoms with Crippen molar-refractivity contribution in [2.75, 3.05) is 20.6 Å². The maximum atomic E-state index is 12.2. The fourth-order valence-corrected chi connectivity index (χ4v) is 3.20. The second kappa shape index (κ2) is 7.15. The van der Waals surface area contributed by atoms with Gasteiger partial charge in [0, 0.05) is 30.9 Å². The maximum Gasteiger partial charge on any atom is 0.250 e. The molecule has 0 bridgehead atoms. The Kier molecular flexibility index (Phi) is 4.98. The lowest BCUT2D eigenvalue weighted by molar-refractivity contribution is 0.368. The van der Waals surface area contributed by atoms with E-state index in [-0.39, 0.29) is 5.56 Å². The van der Waals surface area contributed by atoms with Crippen molar-refractivity contribution in [1.29, 1.82) is 0 Å². The molecule has 1 aliphatic carbocycles. The number of likely N-dealkylation sites (N-methyl/N-ethyl adjacent to an activating group) is 1. The Morgan fingerprint density at radius 3 is 2.96 bits per heavy atom. The van der Waals surface area contributed by atoms with Gasteiger partial charge in [-0.05, 0) is 51.1 Å². The van der Waals surface area contributed by atoms with Crippen molar-refractivity contribution in [2.24, 2.45) is 0 Å². The average molecular weight is 315 g/mol. The summed E-state index contributed by atoms with van der Waals surface area (Å²) in [6, 6.07) is 8.06. The van der Waals surface area contributed by atoms with Crippen LogP contribution in [0.15, 0.2) is 39.7 Å². The molecule has 0 aromatic carbocycles. The second-order valence-electron chi connectivity index (χ2n) is 6.50. The topological polar surface area (TPSA) is 50.4 Å². The number of hydrogen-bond donors (Lipinski definition) is 1. The van der Waals surface area contributed by atoms with Crippen molar-refractivity contribution in [3.05, 3.63) is 57.9 Å². The second-order valence-corrected chi connectivity index (χ2v) is 6.50. The van der Waals surface area contributed by atoms with Crippen LogP contribution < -0.4 is 10.9 Å². The first-order chi connectivity index (χ1) is 11.1. The summed E-state index contributed by atoms with van der Waals surface area (Å²) in [5.41, 5.74) is 2.63. The molecule has 0 fully saturated rings. The predicted molar refractivity (Wildman–Crippen MR) is 90.6 cm³/mol. The fraction of sp³-hybridized carbons (Fsp3) is 0.500. The molecule has 2 aromatic heterocycles. The average Bonchev–Trinajstić information content (AvgIpc) is 3.05. The summed E-state index contributed by atoms with van der Waals surface area (Å²) in [5.74, 6) is 0.965. The Labute approximate surface area is 136 Å². The predicted octanol–water partition coefficient (Wildman–Crippen LogP) is 1.65. The zero-order valence-corrected chi connectivity index (χ0v) is 13.9. The highest BCUT2D eigenvalue weighted by Gasteiger charge is 2.21. The molecule has 0 saturated heterocycles. The summed E-state index contributed by atoms with van der Waals surface area (Å²) >= 11 is 0. The Morgan fingerprint density at radius 2 is 2.22 bits per heavy atom. The Bertz CT molecular complexity index is 689. The van der Waals surface area contributed by atoms with Gasteiger partial charge in [0.25, 0.3) is 5.56 Å². The summed E-state index contributed by atoms with van der Waals surface area (Å²) in [6.07, 6.45) is 4.68. The number of hydrogen-bond acceptors (Lipinski definition) is 4. The minimum absolute atomic E-state index is 0.118. The lowest BCUT2D eigenvalue weighted by Crippen LogP contribution is -2.37. The van der Waals surface area contributed by atoms with Gasteiger partial charge in [-0.1, -0.05) is 6.07 Å². The van der Waals surface area contributed by atoms with Crippen LogP contribution in [-0.4, -0.2) is 36.1 Å². The molecule has 3 rings (SSSR count). The van der Waals surface area contributed by atoms with Crippen LogP contribution in [-0.2, 0) is 25.9 Å². The molecule has 0 radical (unpaired) electrons. The van der Waals surface area contributed by atoms with E-state index in [1.807, 2.05) is 36.9 Å². The van der Waals surface area contributed by atoms with E-state index < -0.39 is 0 Å². The van der Waals surface area contributed by atoms with Gasteiger partial charge in [0.15, 0.2) is 0 Å². The molecule has 5 nitrogen and oxygen atoms in total. The summed E-state index contributed by atoms with van der Waals surface area (Å²) in [7, 11) is 4.07. The van der Waals surface area contributed by atoms with E-state index in [2.05, 4.69) is 10.2 Å². The van der Waals surface area contributed by atoms with Crippen molar-refractivity contribution in [2.45, 2.75) is 38.4 Å². The van der Waals surface area contributed by atoms with Gasteiger partial charge < -0.3 is 19.2 Å². The van der Waals surface area contributed by atoms with Crippen molar-refractivity contribution in [1.82, 2.24) is 14.8 Å². The van der Waals surface area contributed by atoms with Gasteiger partial charge in [-0.3, -0.25) is 4.79 Å². The number of furan rings is 1. The van der Waals surface area contributed by atoms with Gasteiger partial charge in [0.1, 0.15) is 5.76 Å². The van der Waals surface area contributed by atoms with E-state index in [4.69, 9.17) is 4.42 Å². The van der Waals surface area contributed by atoms with Crippen LogP contribution in [0.2, 0.25) is 0 Å². The number of rotatable bonds is 6. The molecule has 124 valence electrons. The van der Waals surface area contributed by atoms with Crippen LogP contribution >= 0.6 is 0 Å². The van der Waals surface area contributed by atoms with E-state index in [1.54, 1.807) is 12.3 Å². The van der Waals surface area contributed by atoms with Crippen molar-refractivity contribution in [3.8, 4) is 0 Å². The summed E-state index contributed by atoms with van der Waals surface area (Å²) < 4.78 is 7.33. The first-order valence-electron chi connectivity index (χ1n) is 8.25. The lowest BCUT2D eigenvalue weighted by atomic mass is 9.91. The fourth-order valence-electron chi connectivity index (χ4n) is 3.20. The van der Waals surface area contributed by atoms with Crippen LogP contribution in [0.4, 0.5) is 0 Å². The molecular formula is C18H25N3O2. The molecule has 23 heavy (non-hydrogen) atoms. The Hall–Kier alpha value is -1.85. The van der Waals surface area contributed by atoms with E-state index in [1.165, 1.54) is 11.3 Å². The molecule has 0 spiro atoms. The third-order valence-electron chi connectivity index (χ3n) is 4.50. The quantitative estimate of drug-likeness (QED) is 0.881. The number of aromatic nitrogens is 1. The highest BCUT2D eigenvalue weighted by molar-refractivity contribution is 5.25. The number of pyridine rings is 1. The van der Waals surface area contributed by atoms with Gasteiger partial charge in [-0.15, -0.1) is 0 Å². The first kappa shape index (κ1) is 16.0. The summed E-state index contributed by atoms with van der Waals surface area (Å²) in [6.45, 7) is 2.41. The molecule has 0 unspecified atom stereocenters. The molecule has 0 amide bonds. The summed E-state index contributed by atoms with van der Waals surface area (Å²) in [5, 5.41) is 3.56. The lowest BCUT2D eigenvalue weighted by Gasteiger charge is -2.28. The first-order valence-corrected chi connectivity index (χ1v) is 8.25. The zero-order valence-electron chi connectivity index (χ0n) is 13.9. The molecule has 2 aromatic rings. The highest BCUT2D eigenvalue weighted by Crippen LogP contribution is 2.20. The van der Waals surface area contributed by atoms with Crippen LogP contribution in [0.1, 0.15) is 23.4 Å². The Morgan fingerprint density at radius 1 is 1.35 bits per heavy atom. The van der Waals surface area contributed by atoms with Crippen LogP contribution in [0.3, 0.4) is 0 Å². The molecule has 5 heteroatoms. The molecule has 0 aliphatic heterocycles. The van der Waals surface area contributed by atoms with E-state index in [0.29, 0.717) is 6.04 Å². The van der Waals surface area contributed by atoms with Crippen LogP contribution in [0.5, 0.6) is 0 Å². The van der Waals surface area contributed by atoms with Gasteiger partial charge in [-0.25, -0.2) is 0 Å². The van der Waals surface area contributed by atoms with Crippen molar-refractivity contribution >= 4 is 0 Å². The number of fused-ring (bicyclic) bond motifs is 1. The summed E-state index contributed by atoms with van der Waals surface area (Å²) in [4.78, 5) is 14.3. The normalized spacial score (nSPS) is 17.4. The van der Waals surface area contributed by atoms with Crippen molar-refractivity contribution < 1.29 is 4.42 Å². The van der Waals surface area contributed by atoms with E-state index in [9.17, 15) is 4.79 Å². The van der Waals surface area contributed by atoms with Crippen molar-refractivity contribution in [3.63, 3.8) is 0 Å². The third-order valence-corrected chi connectivity index (χ3v) is 4.50. The van der Waals surface area contributed by atoms with E-state index in [0.717, 1.165) is 44.7 Å². The van der Waals surface area contributed by atoms with Gasteiger partial charge >= 0.3 is 0 Å². The number of nitrogens with zero attached hydrogens (tertiary/aromatic N) is 2. The zero-order chi connectivity index (χ0) is 16.2. The standard InChI is InChI=1S/C18H25N3O2/c1-20(2)9-10-21-17-7-6-15(12-14(17)5-8-18(21)22)19-13-16-4-3-11-23-16/h3-5,8,11,15,19H,6-7,9-10,12-13H2,1-2H3/t15-/m1/s1. The van der Waals surface area contributed by atoms with Crippen LogP contribution in [0, 0.1) is 0 Å². The molecule has 1 atom stereocenters. The van der Waals surface area contributed by atoms with E-state index >= 15 is 0 Å². The molecule has 1 N–H and O–H groups in total. The maximum absolute atomic E-state index is 12.2. The van der Waals surface area contributed by atoms with Gasteiger partial charge in [0.2, 0.25) is 0 Å². The molecule has 0 saturated carbocycles. The third kappa shape index (κ3) is 3.92. The highest BCUT2D eigenvalue weighted by atomic mass is 16.3. The Balaban J connectivity index is 1.68. The number of nitrogens with one attached hydrogen (secondary N) is 1. The molecule has 1 aliphatic rings.